The molecular weight excluding hydrogens is 422 g/mol. The fraction of sp³-hybridized carbons (Fsp3) is 0.357. The standard InChI is InChI=1S/C14H17Cl2IN4/c1-3-21-13(14(16)8(2)20-21)7-12(19-18)9-4-5-11(17)10(15)6-9/h4-6,12,19H,3,7,18H2,1-2H3. The molecule has 0 spiro atoms. The lowest BCUT2D eigenvalue weighted by molar-refractivity contribution is 0.517. The molecule has 1 aromatic heterocycles. The second kappa shape index (κ2) is 7.28. The van der Waals surface area contributed by atoms with E-state index in [1.807, 2.05) is 36.7 Å². The number of nitrogens with zero attached hydrogens (tertiary/aromatic N) is 2. The molecule has 2 aromatic rings. The Hall–Kier alpha value is -0.340. The van der Waals surface area contributed by atoms with Crippen LogP contribution in [0.2, 0.25) is 10.0 Å². The van der Waals surface area contributed by atoms with E-state index in [2.05, 4.69) is 33.1 Å². The van der Waals surface area contributed by atoms with E-state index < -0.39 is 0 Å². The molecular formula is C14H17Cl2IN4. The Kier molecular flexibility index (Phi) is 5.90. The van der Waals surface area contributed by atoms with Crippen molar-refractivity contribution in [2.45, 2.75) is 32.9 Å². The van der Waals surface area contributed by atoms with E-state index in [-0.39, 0.29) is 6.04 Å². The fourth-order valence-corrected chi connectivity index (χ4v) is 3.00. The van der Waals surface area contributed by atoms with Gasteiger partial charge in [0.2, 0.25) is 0 Å². The van der Waals surface area contributed by atoms with Gasteiger partial charge in [0.05, 0.1) is 27.5 Å². The van der Waals surface area contributed by atoms with Crippen LogP contribution in [0.15, 0.2) is 18.2 Å². The van der Waals surface area contributed by atoms with Crippen LogP contribution in [0.3, 0.4) is 0 Å². The molecule has 1 unspecified atom stereocenters. The smallest absolute Gasteiger partial charge is 0.0847 e. The molecule has 114 valence electrons. The minimum absolute atomic E-state index is 0.0709. The van der Waals surface area contributed by atoms with E-state index in [1.165, 1.54) is 0 Å². The lowest BCUT2D eigenvalue weighted by atomic mass is 10.0. The molecule has 21 heavy (non-hydrogen) atoms. The average molecular weight is 439 g/mol. The maximum absolute atomic E-state index is 6.36. The highest BCUT2D eigenvalue weighted by molar-refractivity contribution is 14.1. The van der Waals surface area contributed by atoms with Crippen molar-refractivity contribution in [1.82, 2.24) is 15.2 Å². The van der Waals surface area contributed by atoms with Crippen LogP contribution >= 0.6 is 45.8 Å². The van der Waals surface area contributed by atoms with E-state index in [4.69, 9.17) is 29.0 Å². The summed E-state index contributed by atoms with van der Waals surface area (Å²) in [6.45, 7) is 4.72. The Morgan fingerprint density at radius 3 is 2.71 bits per heavy atom. The third-order valence-electron chi connectivity index (χ3n) is 3.40. The molecule has 1 aromatic carbocycles. The van der Waals surface area contributed by atoms with Crippen molar-refractivity contribution in [1.29, 1.82) is 0 Å². The first-order chi connectivity index (χ1) is 9.97. The number of rotatable bonds is 5. The number of benzene rings is 1. The zero-order valence-corrected chi connectivity index (χ0v) is 15.5. The van der Waals surface area contributed by atoms with Gasteiger partial charge >= 0.3 is 0 Å². The molecule has 0 amide bonds. The lowest BCUT2D eigenvalue weighted by Gasteiger charge is -2.18. The van der Waals surface area contributed by atoms with Crippen LogP contribution in [0.4, 0.5) is 0 Å². The first kappa shape index (κ1) is 17.0. The van der Waals surface area contributed by atoms with Gasteiger partial charge in [-0.3, -0.25) is 16.0 Å². The highest BCUT2D eigenvalue weighted by atomic mass is 127. The predicted molar refractivity (Wildman–Crippen MR) is 95.6 cm³/mol. The van der Waals surface area contributed by atoms with Gasteiger partial charge in [0.25, 0.3) is 0 Å². The lowest BCUT2D eigenvalue weighted by Crippen LogP contribution is -2.30. The van der Waals surface area contributed by atoms with Crippen LogP contribution < -0.4 is 11.3 Å². The van der Waals surface area contributed by atoms with Crippen LogP contribution in [0.25, 0.3) is 0 Å². The van der Waals surface area contributed by atoms with E-state index in [0.717, 1.165) is 32.1 Å². The average Bonchev–Trinajstić information content (AvgIpc) is 2.75. The largest absolute Gasteiger partial charge is 0.271 e. The van der Waals surface area contributed by atoms with Gasteiger partial charge in [-0.2, -0.15) is 5.10 Å². The minimum atomic E-state index is -0.0709. The van der Waals surface area contributed by atoms with Gasteiger partial charge in [-0.25, -0.2) is 0 Å². The summed E-state index contributed by atoms with van der Waals surface area (Å²) in [5, 5.41) is 5.85. The molecule has 1 heterocycles. The normalized spacial score (nSPS) is 12.7. The van der Waals surface area contributed by atoms with Crippen LogP contribution in [0.1, 0.15) is 29.9 Å². The molecule has 3 N–H and O–H groups in total. The van der Waals surface area contributed by atoms with Crippen molar-refractivity contribution in [3.8, 4) is 0 Å². The van der Waals surface area contributed by atoms with Crippen molar-refractivity contribution in [3.63, 3.8) is 0 Å². The number of aromatic nitrogens is 2. The molecule has 0 radical (unpaired) electrons. The van der Waals surface area contributed by atoms with E-state index in [1.54, 1.807) is 0 Å². The maximum atomic E-state index is 6.36. The zero-order valence-electron chi connectivity index (χ0n) is 11.8. The van der Waals surface area contributed by atoms with Crippen LogP contribution in [-0.2, 0) is 13.0 Å². The van der Waals surface area contributed by atoms with E-state index in [0.29, 0.717) is 11.4 Å². The van der Waals surface area contributed by atoms with E-state index in [9.17, 15) is 0 Å². The third kappa shape index (κ3) is 3.71. The molecule has 4 nitrogen and oxygen atoms in total. The zero-order chi connectivity index (χ0) is 15.6. The first-order valence-corrected chi connectivity index (χ1v) is 8.44. The van der Waals surface area contributed by atoms with Gasteiger partial charge in [0.1, 0.15) is 0 Å². The van der Waals surface area contributed by atoms with Gasteiger partial charge in [0, 0.05) is 16.5 Å². The molecule has 0 fully saturated rings. The van der Waals surface area contributed by atoms with Gasteiger partial charge in [-0.15, -0.1) is 0 Å². The topological polar surface area (TPSA) is 55.9 Å². The summed E-state index contributed by atoms with van der Waals surface area (Å²) < 4.78 is 2.93. The summed E-state index contributed by atoms with van der Waals surface area (Å²) in [5.74, 6) is 5.72. The second-order valence-corrected chi connectivity index (χ2v) is 6.71. The van der Waals surface area contributed by atoms with Crippen LogP contribution in [-0.4, -0.2) is 9.78 Å². The number of nitrogens with two attached hydrogens (primary N) is 1. The first-order valence-electron chi connectivity index (χ1n) is 6.60. The summed E-state index contributed by atoms with van der Waals surface area (Å²) in [6, 6.07) is 5.86. The number of hydrazine groups is 1. The van der Waals surface area contributed by atoms with Crippen LogP contribution in [0.5, 0.6) is 0 Å². The molecule has 0 saturated heterocycles. The summed E-state index contributed by atoms with van der Waals surface area (Å²) in [7, 11) is 0. The summed E-state index contributed by atoms with van der Waals surface area (Å²) in [5.41, 5.74) is 5.69. The molecule has 0 bridgehead atoms. The van der Waals surface area contributed by atoms with Gasteiger partial charge in [-0.05, 0) is 54.1 Å². The summed E-state index contributed by atoms with van der Waals surface area (Å²) in [4.78, 5) is 0. The number of halogens is 3. The van der Waals surface area contributed by atoms with Crippen LogP contribution in [0, 0.1) is 10.5 Å². The minimum Gasteiger partial charge on any atom is -0.271 e. The summed E-state index contributed by atoms with van der Waals surface area (Å²) in [6.07, 6.45) is 0.654. The summed E-state index contributed by atoms with van der Waals surface area (Å²) >= 11 is 14.8. The Labute approximate surface area is 148 Å². The highest BCUT2D eigenvalue weighted by Gasteiger charge is 2.19. The third-order valence-corrected chi connectivity index (χ3v) is 5.46. The van der Waals surface area contributed by atoms with Crippen molar-refractivity contribution in [3.05, 3.63) is 48.8 Å². The van der Waals surface area contributed by atoms with Gasteiger partial charge in [0.15, 0.2) is 0 Å². The predicted octanol–water partition coefficient (Wildman–Crippen LogP) is 3.87. The molecule has 0 aliphatic carbocycles. The Morgan fingerprint density at radius 2 is 2.14 bits per heavy atom. The van der Waals surface area contributed by atoms with E-state index >= 15 is 0 Å². The monoisotopic (exact) mass is 438 g/mol. The fourth-order valence-electron chi connectivity index (χ4n) is 2.26. The number of nitrogens with one attached hydrogen (secondary N) is 1. The Morgan fingerprint density at radius 1 is 1.43 bits per heavy atom. The molecule has 7 heteroatoms. The SMILES string of the molecule is CCn1nc(C)c(Cl)c1CC(NN)c1ccc(I)c(Cl)c1. The van der Waals surface area contributed by atoms with Crippen molar-refractivity contribution in [2.24, 2.45) is 5.84 Å². The maximum Gasteiger partial charge on any atom is 0.0847 e. The second-order valence-electron chi connectivity index (χ2n) is 4.76. The molecule has 0 aliphatic rings. The molecule has 0 aliphatic heterocycles. The number of aryl methyl sites for hydroxylation is 2. The van der Waals surface area contributed by atoms with Gasteiger partial charge in [-0.1, -0.05) is 29.3 Å². The highest BCUT2D eigenvalue weighted by Crippen LogP contribution is 2.28. The van der Waals surface area contributed by atoms with Crippen molar-refractivity contribution in [2.75, 3.05) is 0 Å². The quantitative estimate of drug-likeness (QED) is 0.423. The molecule has 2 rings (SSSR count). The number of hydrogen-bond acceptors (Lipinski definition) is 3. The molecule has 0 saturated carbocycles. The Balaban J connectivity index is 2.33. The van der Waals surface area contributed by atoms with Crippen molar-refractivity contribution >= 4 is 45.8 Å². The molecule has 1 atom stereocenters. The van der Waals surface area contributed by atoms with Crippen molar-refractivity contribution < 1.29 is 0 Å². The number of hydrogen-bond donors (Lipinski definition) is 2. The van der Waals surface area contributed by atoms with Gasteiger partial charge < -0.3 is 0 Å². The Bertz CT molecular complexity index is 642.